The van der Waals surface area contributed by atoms with Gasteiger partial charge in [-0.3, -0.25) is 0 Å². The topological polar surface area (TPSA) is 22.1 Å². The number of rotatable bonds is 3. The molecule has 0 fully saturated rings. The molecule has 1 aromatic rings. The van der Waals surface area contributed by atoms with E-state index in [2.05, 4.69) is 20.9 Å². The summed E-state index contributed by atoms with van der Waals surface area (Å²) in [5, 5.41) is 0. The zero-order valence-corrected chi connectivity index (χ0v) is 8.51. The van der Waals surface area contributed by atoms with E-state index in [1.54, 1.807) is 19.1 Å². The van der Waals surface area contributed by atoms with E-state index in [4.69, 9.17) is 4.74 Å². The van der Waals surface area contributed by atoms with Crippen LogP contribution in [0, 0.1) is 6.92 Å². The third-order valence-electron chi connectivity index (χ3n) is 1.35. The molecule has 0 atom stereocenters. The highest BCUT2D eigenvalue weighted by molar-refractivity contribution is 9.10. The lowest BCUT2D eigenvalue weighted by atomic mass is 10.4. The SMILES string of the molecule is Cc1nc(OCC(F)F)ccc1Br. The minimum Gasteiger partial charge on any atom is -0.472 e. The van der Waals surface area contributed by atoms with Gasteiger partial charge >= 0.3 is 0 Å². The van der Waals surface area contributed by atoms with Crippen molar-refractivity contribution in [2.24, 2.45) is 0 Å². The van der Waals surface area contributed by atoms with Crippen LogP contribution in [0.25, 0.3) is 0 Å². The summed E-state index contributed by atoms with van der Waals surface area (Å²) in [6, 6.07) is 3.25. The normalized spacial score (nSPS) is 10.5. The molecule has 5 heteroatoms. The van der Waals surface area contributed by atoms with Crippen molar-refractivity contribution in [2.75, 3.05) is 6.61 Å². The molecule has 0 unspecified atom stereocenters. The van der Waals surface area contributed by atoms with Gasteiger partial charge in [-0.05, 0) is 28.9 Å². The highest BCUT2D eigenvalue weighted by Crippen LogP contribution is 2.17. The van der Waals surface area contributed by atoms with Crippen LogP contribution >= 0.6 is 15.9 Å². The van der Waals surface area contributed by atoms with E-state index < -0.39 is 13.0 Å². The van der Waals surface area contributed by atoms with Crippen LogP contribution in [-0.4, -0.2) is 18.0 Å². The second-order valence-electron chi connectivity index (χ2n) is 2.42. The first kappa shape index (κ1) is 10.4. The molecular weight excluding hydrogens is 244 g/mol. The molecule has 0 saturated heterocycles. The minimum absolute atomic E-state index is 0.223. The number of aromatic nitrogens is 1. The maximum atomic E-state index is 11.7. The Morgan fingerprint density at radius 2 is 2.23 bits per heavy atom. The second-order valence-corrected chi connectivity index (χ2v) is 3.27. The first-order chi connectivity index (χ1) is 6.09. The van der Waals surface area contributed by atoms with Crippen LogP contribution < -0.4 is 4.74 Å². The largest absolute Gasteiger partial charge is 0.472 e. The van der Waals surface area contributed by atoms with Crippen molar-refractivity contribution in [3.63, 3.8) is 0 Å². The zero-order valence-electron chi connectivity index (χ0n) is 6.93. The molecule has 0 spiro atoms. The number of halogens is 3. The summed E-state index contributed by atoms with van der Waals surface area (Å²) in [6.07, 6.45) is -2.47. The molecule has 0 aromatic carbocycles. The van der Waals surface area contributed by atoms with Gasteiger partial charge in [-0.25, -0.2) is 13.8 Å². The van der Waals surface area contributed by atoms with Gasteiger partial charge < -0.3 is 4.74 Å². The number of pyridine rings is 1. The molecule has 1 rings (SSSR count). The van der Waals surface area contributed by atoms with Crippen molar-refractivity contribution in [1.82, 2.24) is 4.98 Å². The van der Waals surface area contributed by atoms with Crippen molar-refractivity contribution >= 4 is 15.9 Å². The van der Waals surface area contributed by atoms with E-state index in [0.29, 0.717) is 5.69 Å². The Balaban J connectivity index is 2.63. The predicted octanol–water partition coefficient (Wildman–Crippen LogP) is 2.80. The molecule has 0 N–H and O–H groups in total. The van der Waals surface area contributed by atoms with Gasteiger partial charge in [0.25, 0.3) is 6.43 Å². The summed E-state index contributed by atoms with van der Waals surface area (Å²) in [5.41, 5.74) is 0.715. The number of alkyl halides is 2. The molecule has 0 radical (unpaired) electrons. The molecule has 0 aliphatic carbocycles. The number of hydrogen-bond acceptors (Lipinski definition) is 2. The lowest BCUT2D eigenvalue weighted by Gasteiger charge is -2.05. The number of aryl methyl sites for hydroxylation is 1. The van der Waals surface area contributed by atoms with Gasteiger partial charge in [0, 0.05) is 10.5 Å². The summed E-state index contributed by atoms with van der Waals surface area (Å²) in [4.78, 5) is 3.94. The minimum atomic E-state index is -2.47. The summed E-state index contributed by atoms with van der Waals surface area (Å²) in [6.45, 7) is 1.15. The molecule has 13 heavy (non-hydrogen) atoms. The van der Waals surface area contributed by atoms with Gasteiger partial charge in [0.15, 0.2) is 6.61 Å². The average molecular weight is 252 g/mol. The maximum absolute atomic E-state index is 11.7. The molecule has 72 valence electrons. The lowest BCUT2D eigenvalue weighted by molar-refractivity contribution is 0.0795. The fraction of sp³-hybridized carbons (Fsp3) is 0.375. The molecule has 1 aromatic heterocycles. The lowest BCUT2D eigenvalue weighted by Crippen LogP contribution is -2.08. The van der Waals surface area contributed by atoms with E-state index in [-0.39, 0.29) is 5.88 Å². The Morgan fingerprint density at radius 1 is 1.54 bits per heavy atom. The zero-order chi connectivity index (χ0) is 9.84. The third kappa shape index (κ3) is 3.26. The maximum Gasteiger partial charge on any atom is 0.272 e. The quantitative estimate of drug-likeness (QED) is 0.825. The van der Waals surface area contributed by atoms with Crippen molar-refractivity contribution < 1.29 is 13.5 Å². The Hall–Kier alpha value is -0.710. The van der Waals surface area contributed by atoms with E-state index in [1.165, 1.54) is 0 Å². The summed E-state index contributed by atoms with van der Waals surface area (Å²) < 4.78 is 29.0. The molecule has 0 aliphatic rings. The fourth-order valence-corrected chi connectivity index (χ4v) is 0.971. The smallest absolute Gasteiger partial charge is 0.272 e. The first-order valence-electron chi connectivity index (χ1n) is 3.63. The monoisotopic (exact) mass is 251 g/mol. The Kier molecular flexibility index (Phi) is 3.59. The average Bonchev–Trinajstić information content (AvgIpc) is 2.07. The molecule has 2 nitrogen and oxygen atoms in total. The van der Waals surface area contributed by atoms with Crippen molar-refractivity contribution in [2.45, 2.75) is 13.3 Å². The van der Waals surface area contributed by atoms with Crippen LogP contribution in [0.15, 0.2) is 16.6 Å². The highest BCUT2D eigenvalue weighted by Gasteiger charge is 2.05. The highest BCUT2D eigenvalue weighted by atomic mass is 79.9. The van der Waals surface area contributed by atoms with Gasteiger partial charge in [0.1, 0.15) is 0 Å². The Bertz CT molecular complexity index is 293. The number of nitrogens with zero attached hydrogens (tertiary/aromatic N) is 1. The number of ether oxygens (including phenoxy) is 1. The van der Waals surface area contributed by atoms with E-state index in [1.807, 2.05) is 0 Å². The summed E-state index contributed by atoms with van der Waals surface area (Å²) >= 11 is 3.24. The molecule has 0 aliphatic heterocycles. The van der Waals surface area contributed by atoms with Crippen LogP contribution in [0.4, 0.5) is 8.78 Å². The van der Waals surface area contributed by atoms with E-state index >= 15 is 0 Å². The number of hydrogen-bond donors (Lipinski definition) is 0. The molecule has 0 saturated carbocycles. The van der Waals surface area contributed by atoms with Crippen LogP contribution in [0.5, 0.6) is 5.88 Å². The van der Waals surface area contributed by atoms with Crippen molar-refractivity contribution in [3.05, 3.63) is 22.3 Å². The van der Waals surface area contributed by atoms with Crippen molar-refractivity contribution in [3.8, 4) is 5.88 Å². The van der Waals surface area contributed by atoms with Gasteiger partial charge in [0.2, 0.25) is 5.88 Å². The third-order valence-corrected chi connectivity index (χ3v) is 2.19. The van der Waals surface area contributed by atoms with Gasteiger partial charge in [-0.2, -0.15) is 0 Å². The van der Waals surface area contributed by atoms with Gasteiger partial charge in [0.05, 0.1) is 5.69 Å². The van der Waals surface area contributed by atoms with Gasteiger partial charge in [-0.15, -0.1) is 0 Å². The van der Waals surface area contributed by atoms with Gasteiger partial charge in [-0.1, -0.05) is 0 Å². The molecule has 0 bridgehead atoms. The molecular formula is C8H8BrF2NO. The van der Waals surface area contributed by atoms with Crippen LogP contribution in [0.1, 0.15) is 5.69 Å². The van der Waals surface area contributed by atoms with Crippen LogP contribution in [0.3, 0.4) is 0 Å². The summed E-state index contributed by atoms with van der Waals surface area (Å²) in [5.74, 6) is 0.223. The predicted molar refractivity (Wildman–Crippen MR) is 48.2 cm³/mol. The Morgan fingerprint density at radius 3 is 2.77 bits per heavy atom. The van der Waals surface area contributed by atoms with Crippen LogP contribution in [-0.2, 0) is 0 Å². The standard InChI is InChI=1S/C8H8BrF2NO/c1-5-6(9)2-3-8(12-5)13-4-7(10)11/h2-3,7H,4H2,1H3. The fourth-order valence-electron chi connectivity index (χ4n) is 0.750. The van der Waals surface area contributed by atoms with E-state index in [0.717, 1.165) is 4.47 Å². The summed E-state index contributed by atoms with van der Waals surface area (Å²) in [7, 11) is 0. The van der Waals surface area contributed by atoms with E-state index in [9.17, 15) is 8.78 Å². The van der Waals surface area contributed by atoms with Crippen LogP contribution in [0.2, 0.25) is 0 Å². The Labute approximate surface area is 83.1 Å². The molecule has 1 heterocycles. The van der Waals surface area contributed by atoms with Crippen molar-refractivity contribution in [1.29, 1.82) is 0 Å². The second kappa shape index (κ2) is 4.50. The molecule has 0 amide bonds. The first-order valence-corrected chi connectivity index (χ1v) is 4.43.